The summed E-state index contributed by atoms with van der Waals surface area (Å²) in [6, 6.07) is 8.11. The number of hydrogen-bond donors (Lipinski definition) is 1. The summed E-state index contributed by atoms with van der Waals surface area (Å²) < 4.78 is 2.43. The molecule has 2 aliphatic heterocycles. The van der Waals surface area contributed by atoms with E-state index >= 15 is 0 Å². The fourth-order valence-electron chi connectivity index (χ4n) is 3.48. The topological polar surface area (TPSA) is 48.0 Å². The Bertz CT molecular complexity index is 560. The van der Waals surface area contributed by atoms with Crippen LogP contribution in [0.1, 0.15) is 25.7 Å². The molecule has 2 N–H and O–H groups in total. The third kappa shape index (κ3) is 3.28. The van der Waals surface area contributed by atoms with Gasteiger partial charge in [-0.25, -0.2) is 0 Å². The quantitative estimate of drug-likeness (QED) is 0.397. The predicted octanol–water partition coefficient (Wildman–Crippen LogP) is 1.62. The van der Waals surface area contributed by atoms with Gasteiger partial charge in [0.1, 0.15) is 11.4 Å². The van der Waals surface area contributed by atoms with Crippen LogP contribution in [-0.4, -0.2) is 55.8 Å². The van der Waals surface area contributed by atoms with E-state index in [0.717, 1.165) is 43.5 Å². The number of hydrogen-bond acceptors (Lipinski definition) is 3. The Hall–Kier alpha value is -1.79. The number of benzene rings is 1. The summed E-state index contributed by atoms with van der Waals surface area (Å²) >= 11 is 0. The van der Waals surface area contributed by atoms with Gasteiger partial charge in [0.2, 0.25) is 0 Å². The Kier molecular flexibility index (Phi) is 5.03. The van der Waals surface area contributed by atoms with E-state index in [-0.39, 0.29) is 0 Å². The second kappa shape index (κ2) is 7.19. The largest absolute Gasteiger partial charge is 0.372 e. The first kappa shape index (κ1) is 16.1. The van der Waals surface area contributed by atoms with Crippen molar-refractivity contribution in [1.29, 1.82) is 0 Å². The minimum atomic E-state index is 0.964. The number of hydrazine groups is 1. The molecule has 6 heteroatoms. The molecule has 0 aromatic heterocycles. The van der Waals surface area contributed by atoms with Crippen LogP contribution < -0.4 is 15.9 Å². The summed E-state index contributed by atoms with van der Waals surface area (Å²) in [6.45, 7) is 4.34. The number of anilines is 2. The van der Waals surface area contributed by atoms with Crippen LogP contribution >= 0.6 is 0 Å². The van der Waals surface area contributed by atoms with E-state index in [1.54, 1.807) is 12.2 Å². The van der Waals surface area contributed by atoms with Crippen LogP contribution in [0.15, 0.2) is 24.3 Å². The second-order valence-corrected chi connectivity index (χ2v) is 6.23. The number of nitrogens with zero attached hydrogens (tertiary/aromatic N) is 4. The minimum absolute atomic E-state index is 0.964. The average molecular weight is 318 g/mol. The van der Waals surface area contributed by atoms with Gasteiger partial charge in [0.05, 0.1) is 33.3 Å². The molecule has 0 amide bonds. The molecule has 0 unspecified atom stereocenters. The normalized spacial score (nSPS) is 17.7. The monoisotopic (exact) mass is 318 g/mol. The van der Waals surface area contributed by atoms with Gasteiger partial charge < -0.3 is 0 Å². The van der Waals surface area contributed by atoms with Gasteiger partial charge in [-0.2, -0.15) is 10.9 Å². The highest BCUT2D eigenvalue weighted by Crippen LogP contribution is 2.28. The average Bonchev–Trinajstić information content (AvgIpc) is 3.28. The standard InChI is InChI=1S/C17H28N5O/c1-19(23-2)15-9-3-4-10-16(15)22(18)17(20-11-5-6-12-20)21-13-7-8-14-21/h3-4,9-10H,5-8,11-14,18H2,1-2H3/q+1. The van der Waals surface area contributed by atoms with Gasteiger partial charge in [0, 0.05) is 7.05 Å². The SMILES string of the molecule is CON(C)c1ccccc1N(N)C(N1CCCC1)=[N+]1CCCC1. The molecule has 3 rings (SSSR count). The Labute approximate surface area is 138 Å². The number of para-hydroxylation sites is 2. The molecular weight excluding hydrogens is 290 g/mol. The Morgan fingerprint density at radius 2 is 1.70 bits per heavy atom. The fraction of sp³-hybridized carbons (Fsp3) is 0.588. The summed E-state index contributed by atoms with van der Waals surface area (Å²) in [5.74, 6) is 7.76. The molecule has 0 bridgehead atoms. The van der Waals surface area contributed by atoms with Gasteiger partial charge in [-0.05, 0) is 37.8 Å². The number of rotatable bonds is 3. The molecule has 23 heavy (non-hydrogen) atoms. The zero-order valence-corrected chi connectivity index (χ0v) is 14.2. The number of nitrogens with two attached hydrogens (primary N) is 1. The van der Waals surface area contributed by atoms with Crippen LogP contribution in [0.3, 0.4) is 0 Å². The van der Waals surface area contributed by atoms with Crippen molar-refractivity contribution < 1.29 is 9.41 Å². The van der Waals surface area contributed by atoms with Gasteiger partial charge in [0.25, 0.3) is 0 Å². The van der Waals surface area contributed by atoms with Gasteiger partial charge in [-0.15, -0.1) is 0 Å². The first-order valence-corrected chi connectivity index (χ1v) is 8.51. The van der Waals surface area contributed by atoms with Crippen molar-refractivity contribution in [3.05, 3.63) is 24.3 Å². The molecule has 0 spiro atoms. The van der Waals surface area contributed by atoms with Crippen molar-refractivity contribution >= 4 is 17.3 Å². The molecule has 2 aliphatic rings. The molecule has 0 radical (unpaired) electrons. The lowest BCUT2D eigenvalue weighted by atomic mass is 10.2. The highest BCUT2D eigenvalue weighted by atomic mass is 16.7. The third-order valence-corrected chi connectivity index (χ3v) is 4.75. The first-order chi connectivity index (χ1) is 11.2. The summed E-state index contributed by atoms with van der Waals surface area (Å²) in [5, 5.41) is 3.60. The summed E-state index contributed by atoms with van der Waals surface area (Å²) in [6.07, 6.45) is 4.96. The molecule has 0 aliphatic carbocycles. The molecular formula is C17H28N5O+. The maximum atomic E-state index is 6.62. The smallest absolute Gasteiger partial charge is 0.277 e. The lowest BCUT2D eigenvalue weighted by molar-refractivity contribution is -0.512. The van der Waals surface area contributed by atoms with E-state index in [2.05, 4.69) is 15.5 Å². The van der Waals surface area contributed by atoms with Crippen molar-refractivity contribution in [2.24, 2.45) is 5.84 Å². The minimum Gasteiger partial charge on any atom is -0.277 e. The molecule has 2 fully saturated rings. The molecule has 126 valence electrons. The summed E-state index contributed by atoms with van der Waals surface area (Å²) in [5.41, 5.74) is 1.93. The maximum absolute atomic E-state index is 6.62. The van der Waals surface area contributed by atoms with Crippen LogP contribution in [0.2, 0.25) is 0 Å². The van der Waals surface area contributed by atoms with Crippen LogP contribution in [0, 0.1) is 0 Å². The van der Waals surface area contributed by atoms with E-state index in [1.807, 2.05) is 30.3 Å². The van der Waals surface area contributed by atoms with Gasteiger partial charge in [-0.1, -0.05) is 12.1 Å². The second-order valence-electron chi connectivity index (χ2n) is 6.23. The van der Waals surface area contributed by atoms with Crippen molar-refractivity contribution in [2.45, 2.75) is 25.7 Å². The van der Waals surface area contributed by atoms with Gasteiger partial charge >= 0.3 is 5.96 Å². The van der Waals surface area contributed by atoms with Crippen molar-refractivity contribution in [3.8, 4) is 0 Å². The molecule has 1 aromatic rings. The Morgan fingerprint density at radius 1 is 1.09 bits per heavy atom. The zero-order chi connectivity index (χ0) is 16.2. The van der Waals surface area contributed by atoms with Crippen molar-refractivity contribution in [1.82, 2.24) is 4.90 Å². The van der Waals surface area contributed by atoms with Crippen molar-refractivity contribution in [2.75, 3.05) is 50.4 Å². The Morgan fingerprint density at radius 3 is 2.30 bits per heavy atom. The first-order valence-electron chi connectivity index (χ1n) is 8.51. The lowest BCUT2D eigenvalue weighted by Crippen LogP contribution is -2.52. The van der Waals surface area contributed by atoms with E-state index in [0.29, 0.717) is 0 Å². The number of guanidine groups is 1. The summed E-state index contributed by atoms with van der Waals surface area (Å²) in [7, 11) is 3.57. The highest BCUT2D eigenvalue weighted by molar-refractivity contribution is 5.95. The van der Waals surface area contributed by atoms with E-state index in [9.17, 15) is 0 Å². The Balaban J connectivity index is 1.99. The predicted molar refractivity (Wildman–Crippen MR) is 93.6 cm³/mol. The zero-order valence-electron chi connectivity index (χ0n) is 14.2. The van der Waals surface area contributed by atoms with Crippen LogP contribution in [0.5, 0.6) is 0 Å². The van der Waals surface area contributed by atoms with Gasteiger partial charge in [0.15, 0.2) is 0 Å². The fourth-order valence-corrected chi connectivity index (χ4v) is 3.48. The van der Waals surface area contributed by atoms with Crippen LogP contribution in [-0.2, 0) is 4.84 Å². The third-order valence-electron chi connectivity index (χ3n) is 4.75. The lowest BCUT2D eigenvalue weighted by Gasteiger charge is -2.26. The highest BCUT2D eigenvalue weighted by Gasteiger charge is 2.34. The van der Waals surface area contributed by atoms with E-state index < -0.39 is 0 Å². The van der Waals surface area contributed by atoms with E-state index in [4.69, 9.17) is 10.7 Å². The molecule has 6 nitrogen and oxygen atoms in total. The summed E-state index contributed by atoms with van der Waals surface area (Å²) in [4.78, 5) is 7.80. The molecule has 2 saturated heterocycles. The van der Waals surface area contributed by atoms with Crippen LogP contribution in [0.25, 0.3) is 0 Å². The maximum Gasteiger partial charge on any atom is 0.372 e. The molecule has 1 aromatic carbocycles. The van der Waals surface area contributed by atoms with E-state index in [1.165, 1.54) is 25.7 Å². The number of likely N-dealkylation sites (tertiary alicyclic amines) is 1. The van der Waals surface area contributed by atoms with Crippen LogP contribution in [0.4, 0.5) is 11.4 Å². The molecule has 0 atom stereocenters. The van der Waals surface area contributed by atoms with Gasteiger partial charge in [-0.3, -0.25) is 19.4 Å². The molecule has 2 heterocycles. The van der Waals surface area contributed by atoms with Crippen molar-refractivity contribution in [3.63, 3.8) is 0 Å². The number of hydroxylamine groups is 1. The molecule has 0 saturated carbocycles.